The minimum absolute atomic E-state index is 0.0674. The largest absolute Gasteiger partial charge is 0.381 e. The highest BCUT2D eigenvalue weighted by Crippen LogP contribution is 2.16. The molecule has 1 unspecified atom stereocenters. The Morgan fingerprint density at radius 1 is 1.33 bits per heavy atom. The van der Waals surface area contributed by atoms with Crippen LogP contribution in [-0.2, 0) is 9.53 Å². The van der Waals surface area contributed by atoms with Crippen molar-refractivity contribution in [2.75, 3.05) is 26.8 Å². The number of carbonyl (C=O) groups excluding carboxylic acids is 1. The smallest absolute Gasteiger partial charge is 0.239 e. The summed E-state index contributed by atoms with van der Waals surface area (Å²) in [4.78, 5) is 14.0. The number of nitrogens with one attached hydrogen (secondary N) is 1. The van der Waals surface area contributed by atoms with Crippen molar-refractivity contribution in [1.29, 1.82) is 0 Å². The van der Waals surface area contributed by atoms with Gasteiger partial charge in [-0.3, -0.25) is 4.79 Å². The quantitative estimate of drug-likeness (QED) is 0.719. The Bertz CT molecular complexity index is 221. The zero-order valence-corrected chi connectivity index (χ0v) is 9.37. The highest BCUT2D eigenvalue weighted by atomic mass is 16.5. The van der Waals surface area contributed by atoms with Gasteiger partial charge < -0.3 is 15.0 Å². The minimum Gasteiger partial charge on any atom is -0.381 e. The summed E-state index contributed by atoms with van der Waals surface area (Å²) in [5, 5.41) is 3.25. The topological polar surface area (TPSA) is 41.6 Å². The molecule has 0 radical (unpaired) electrons. The zero-order chi connectivity index (χ0) is 10.7. The number of hydrogen-bond donors (Lipinski definition) is 1. The minimum atomic E-state index is 0.0674. The van der Waals surface area contributed by atoms with Crippen LogP contribution in [0.15, 0.2) is 0 Å². The number of ether oxygens (including phenoxy) is 1. The summed E-state index contributed by atoms with van der Waals surface area (Å²) in [6.45, 7) is 2.57. The molecular weight excluding hydrogens is 192 g/mol. The summed E-state index contributed by atoms with van der Waals surface area (Å²) in [5.74, 6) is 0.263. The summed E-state index contributed by atoms with van der Waals surface area (Å²) >= 11 is 0. The third-order valence-electron chi connectivity index (χ3n) is 3.44. The average molecular weight is 212 g/mol. The molecule has 0 aromatic heterocycles. The molecule has 86 valence electrons. The summed E-state index contributed by atoms with van der Waals surface area (Å²) in [6, 6.07) is 0.450. The number of rotatable bonds is 2. The van der Waals surface area contributed by atoms with E-state index in [9.17, 15) is 4.79 Å². The number of nitrogens with zero attached hydrogens (tertiary/aromatic N) is 1. The fraction of sp³-hybridized carbons (Fsp3) is 0.909. The van der Waals surface area contributed by atoms with E-state index in [4.69, 9.17) is 4.74 Å². The van der Waals surface area contributed by atoms with Gasteiger partial charge in [0.15, 0.2) is 0 Å². The van der Waals surface area contributed by atoms with Crippen LogP contribution in [0.5, 0.6) is 0 Å². The summed E-state index contributed by atoms with van der Waals surface area (Å²) in [6.07, 6.45) is 4.08. The first-order valence-corrected chi connectivity index (χ1v) is 5.87. The maximum absolute atomic E-state index is 12.1. The second kappa shape index (κ2) is 4.94. The molecule has 0 spiro atoms. The van der Waals surface area contributed by atoms with Crippen molar-refractivity contribution in [3.8, 4) is 0 Å². The number of amides is 1. The molecular formula is C11H20N2O2. The van der Waals surface area contributed by atoms with Gasteiger partial charge in [0.05, 0.1) is 6.04 Å². The van der Waals surface area contributed by atoms with Gasteiger partial charge in [-0.25, -0.2) is 0 Å². The highest BCUT2D eigenvalue weighted by molar-refractivity contribution is 5.82. The van der Waals surface area contributed by atoms with Gasteiger partial charge in [-0.2, -0.15) is 0 Å². The monoisotopic (exact) mass is 212 g/mol. The van der Waals surface area contributed by atoms with Gasteiger partial charge in [0.2, 0.25) is 5.91 Å². The Morgan fingerprint density at radius 3 is 2.67 bits per heavy atom. The molecule has 2 aliphatic heterocycles. The third kappa shape index (κ3) is 2.49. The van der Waals surface area contributed by atoms with Crippen molar-refractivity contribution >= 4 is 5.91 Å². The van der Waals surface area contributed by atoms with Crippen LogP contribution in [-0.4, -0.2) is 49.7 Å². The van der Waals surface area contributed by atoms with Crippen LogP contribution >= 0.6 is 0 Å². The molecule has 4 nitrogen and oxygen atoms in total. The average Bonchev–Trinajstić information content (AvgIpc) is 2.82. The first-order chi connectivity index (χ1) is 7.29. The van der Waals surface area contributed by atoms with Crippen LogP contribution in [0.3, 0.4) is 0 Å². The zero-order valence-electron chi connectivity index (χ0n) is 9.37. The summed E-state index contributed by atoms with van der Waals surface area (Å²) in [5.41, 5.74) is 0. The molecule has 2 saturated heterocycles. The molecule has 0 bridgehead atoms. The lowest BCUT2D eigenvalue weighted by atomic mass is 10.1. The number of carbonyl (C=O) groups is 1. The van der Waals surface area contributed by atoms with Crippen molar-refractivity contribution in [2.24, 2.45) is 0 Å². The Balaban J connectivity index is 1.87. The summed E-state index contributed by atoms with van der Waals surface area (Å²) < 4.78 is 5.30. The highest BCUT2D eigenvalue weighted by Gasteiger charge is 2.29. The lowest BCUT2D eigenvalue weighted by Crippen LogP contribution is -2.48. The molecule has 0 aromatic rings. The number of likely N-dealkylation sites (N-methyl/N-ethyl adjacent to an activating group) is 1. The van der Waals surface area contributed by atoms with E-state index in [1.165, 1.54) is 0 Å². The molecule has 4 heteroatoms. The Hall–Kier alpha value is -0.610. The molecule has 2 heterocycles. The molecule has 1 N–H and O–H groups in total. The van der Waals surface area contributed by atoms with Gasteiger partial charge >= 0.3 is 0 Å². The SMILES string of the molecule is CN(C(=O)C1CCCN1)C1CCOCC1. The second-order valence-electron chi connectivity index (χ2n) is 4.44. The summed E-state index contributed by atoms with van der Waals surface area (Å²) in [7, 11) is 1.93. The van der Waals surface area contributed by atoms with Crippen LogP contribution in [0.25, 0.3) is 0 Å². The van der Waals surface area contributed by atoms with Gasteiger partial charge in [0, 0.05) is 26.3 Å². The normalized spacial score (nSPS) is 27.9. The second-order valence-corrected chi connectivity index (χ2v) is 4.44. The van der Waals surface area contributed by atoms with E-state index in [-0.39, 0.29) is 11.9 Å². The predicted octanol–water partition coefficient (Wildman–Crippen LogP) is 0.376. The third-order valence-corrected chi connectivity index (χ3v) is 3.44. The fourth-order valence-corrected chi connectivity index (χ4v) is 2.39. The van der Waals surface area contributed by atoms with Crippen LogP contribution in [0, 0.1) is 0 Å². The van der Waals surface area contributed by atoms with Crippen LogP contribution < -0.4 is 5.32 Å². The first kappa shape index (κ1) is 10.9. The molecule has 0 aromatic carbocycles. The lowest BCUT2D eigenvalue weighted by molar-refractivity contribution is -0.135. The molecule has 2 fully saturated rings. The van der Waals surface area contributed by atoms with Gasteiger partial charge in [-0.1, -0.05) is 0 Å². The van der Waals surface area contributed by atoms with Crippen LogP contribution in [0.1, 0.15) is 25.7 Å². The fourth-order valence-electron chi connectivity index (χ4n) is 2.39. The molecule has 2 aliphatic rings. The maximum atomic E-state index is 12.1. The van der Waals surface area contributed by atoms with Crippen molar-refractivity contribution in [2.45, 2.75) is 37.8 Å². The van der Waals surface area contributed by atoms with E-state index in [0.29, 0.717) is 6.04 Å². The van der Waals surface area contributed by atoms with Crippen molar-refractivity contribution in [1.82, 2.24) is 10.2 Å². The van der Waals surface area contributed by atoms with E-state index >= 15 is 0 Å². The van der Waals surface area contributed by atoms with Gasteiger partial charge in [0.1, 0.15) is 0 Å². The van der Waals surface area contributed by atoms with Crippen molar-refractivity contribution < 1.29 is 9.53 Å². The van der Waals surface area contributed by atoms with Gasteiger partial charge in [-0.05, 0) is 32.2 Å². The van der Waals surface area contributed by atoms with Crippen molar-refractivity contribution in [3.63, 3.8) is 0 Å². The van der Waals surface area contributed by atoms with E-state index in [1.54, 1.807) is 0 Å². The number of hydrogen-bond acceptors (Lipinski definition) is 3. The first-order valence-electron chi connectivity index (χ1n) is 5.87. The van der Waals surface area contributed by atoms with Crippen molar-refractivity contribution in [3.05, 3.63) is 0 Å². The predicted molar refractivity (Wildman–Crippen MR) is 57.6 cm³/mol. The molecule has 1 atom stereocenters. The lowest BCUT2D eigenvalue weighted by Gasteiger charge is -2.32. The molecule has 2 rings (SSSR count). The molecule has 0 saturated carbocycles. The standard InChI is InChI=1S/C11H20N2O2/c1-13(9-4-7-15-8-5-9)11(14)10-3-2-6-12-10/h9-10,12H,2-8H2,1H3. The Morgan fingerprint density at radius 2 is 2.07 bits per heavy atom. The van der Waals surface area contributed by atoms with Gasteiger partial charge in [-0.15, -0.1) is 0 Å². The Kier molecular flexibility index (Phi) is 3.59. The molecule has 0 aliphatic carbocycles. The van der Waals surface area contributed by atoms with E-state index in [1.807, 2.05) is 11.9 Å². The molecule has 15 heavy (non-hydrogen) atoms. The van der Waals surface area contributed by atoms with E-state index < -0.39 is 0 Å². The van der Waals surface area contributed by atoms with Crippen LogP contribution in [0.2, 0.25) is 0 Å². The maximum Gasteiger partial charge on any atom is 0.239 e. The van der Waals surface area contributed by atoms with Crippen LogP contribution in [0.4, 0.5) is 0 Å². The van der Waals surface area contributed by atoms with E-state index in [2.05, 4.69) is 5.32 Å². The Labute approximate surface area is 91.0 Å². The van der Waals surface area contributed by atoms with Gasteiger partial charge in [0.25, 0.3) is 0 Å². The molecule has 1 amide bonds. The van der Waals surface area contributed by atoms with E-state index in [0.717, 1.165) is 45.4 Å².